The summed E-state index contributed by atoms with van der Waals surface area (Å²) < 4.78 is 13.0. The fraction of sp³-hybridized carbons (Fsp3) is 0.273. The maximum absolute atomic E-state index is 13.0. The van der Waals surface area contributed by atoms with Gasteiger partial charge in [0.05, 0.1) is 11.9 Å². The summed E-state index contributed by atoms with van der Waals surface area (Å²) in [6.07, 6.45) is 3.38. The van der Waals surface area contributed by atoms with E-state index < -0.39 is 0 Å². The fourth-order valence-electron chi connectivity index (χ4n) is 1.48. The van der Waals surface area contributed by atoms with Gasteiger partial charge >= 0.3 is 0 Å². The number of benzene rings is 1. The molecule has 0 saturated carbocycles. The number of aromatic amines is 1. The van der Waals surface area contributed by atoms with Crippen LogP contribution in [0.5, 0.6) is 0 Å². The average Bonchev–Trinajstić information content (AvgIpc) is 2.73. The standard InChI is InChI=1S/C11H12FN3/c1-8-6-9(3-5-11(8)12)2-4-10-7-13-15-14-10/h3,5-7H,2,4H2,1H3,(H,13,14,15). The Kier molecular flexibility index (Phi) is 2.76. The molecule has 0 saturated heterocycles. The molecule has 2 rings (SSSR count). The molecular weight excluding hydrogens is 193 g/mol. The predicted molar refractivity (Wildman–Crippen MR) is 54.9 cm³/mol. The van der Waals surface area contributed by atoms with Gasteiger partial charge in [0.15, 0.2) is 0 Å². The summed E-state index contributed by atoms with van der Waals surface area (Å²) in [6.45, 7) is 1.77. The first kappa shape index (κ1) is 9.83. The van der Waals surface area contributed by atoms with E-state index in [1.54, 1.807) is 13.1 Å². The summed E-state index contributed by atoms with van der Waals surface area (Å²) in [5.41, 5.74) is 2.74. The number of halogens is 1. The second-order valence-electron chi connectivity index (χ2n) is 3.54. The first-order valence-electron chi connectivity index (χ1n) is 4.85. The Labute approximate surface area is 87.3 Å². The van der Waals surface area contributed by atoms with Crippen LogP contribution in [-0.2, 0) is 12.8 Å². The highest BCUT2D eigenvalue weighted by molar-refractivity contribution is 5.24. The SMILES string of the molecule is Cc1cc(CCc2cn[nH]n2)ccc1F. The van der Waals surface area contributed by atoms with E-state index in [9.17, 15) is 4.39 Å². The van der Waals surface area contributed by atoms with Crippen LogP contribution in [0, 0.1) is 12.7 Å². The smallest absolute Gasteiger partial charge is 0.126 e. The summed E-state index contributed by atoms with van der Waals surface area (Å²) in [5.74, 6) is -0.153. The van der Waals surface area contributed by atoms with Crippen LogP contribution < -0.4 is 0 Å². The van der Waals surface area contributed by atoms with Gasteiger partial charge in [0, 0.05) is 0 Å². The lowest BCUT2D eigenvalue weighted by atomic mass is 10.1. The zero-order chi connectivity index (χ0) is 10.7. The van der Waals surface area contributed by atoms with Gasteiger partial charge in [0.25, 0.3) is 0 Å². The summed E-state index contributed by atoms with van der Waals surface area (Å²) in [5, 5.41) is 10.3. The number of hydrogen-bond donors (Lipinski definition) is 1. The second kappa shape index (κ2) is 4.21. The van der Waals surface area contributed by atoms with Gasteiger partial charge in [-0.15, -0.1) is 0 Å². The van der Waals surface area contributed by atoms with Crippen molar-refractivity contribution < 1.29 is 4.39 Å². The molecule has 3 nitrogen and oxygen atoms in total. The van der Waals surface area contributed by atoms with Gasteiger partial charge in [0.1, 0.15) is 5.82 Å². The van der Waals surface area contributed by atoms with Crippen molar-refractivity contribution in [2.75, 3.05) is 0 Å². The molecule has 1 aromatic carbocycles. The summed E-state index contributed by atoms with van der Waals surface area (Å²) >= 11 is 0. The molecule has 0 bridgehead atoms. The molecule has 15 heavy (non-hydrogen) atoms. The van der Waals surface area contributed by atoms with E-state index in [1.165, 1.54) is 6.07 Å². The Balaban J connectivity index is 2.02. The Morgan fingerprint density at radius 1 is 1.33 bits per heavy atom. The molecule has 0 amide bonds. The predicted octanol–water partition coefficient (Wildman–Crippen LogP) is 2.04. The van der Waals surface area contributed by atoms with Crippen molar-refractivity contribution in [3.05, 3.63) is 47.0 Å². The Morgan fingerprint density at radius 3 is 2.87 bits per heavy atom. The zero-order valence-corrected chi connectivity index (χ0v) is 8.50. The lowest BCUT2D eigenvalue weighted by molar-refractivity contribution is 0.617. The van der Waals surface area contributed by atoms with Crippen molar-refractivity contribution in [2.24, 2.45) is 0 Å². The largest absolute Gasteiger partial charge is 0.207 e. The minimum Gasteiger partial charge on any atom is -0.207 e. The quantitative estimate of drug-likeness (QED) is 0.833. The molecule has 0 aliphatic heterocycles. The molecule has 0 spiro atoms. The van der Waals surface area contributed by atoms with Crippen molar-refractivity contribution in [2.45, 2.75) is 19.8 Å². The van der Waals surface area contributed by atoms with Crippen molar-refractivity contribution in [3.63, 3.8) is 0 Å². The maximum Gasteiger partial charge on any atom is 0.126 e. The second-order valence-corrected chi connectivity index (χ2v) is 3.54. The molecule has 0 fully saturated rings. The molecule has 0 radical (unpaired) electrons. The number of nitrogens with one attached hydrogen (secondary N) is 1. The van der Waals surface area contributed by atoms with E-state index in [-0.39, 0.29) is 5.82 Å². The molecule has 0 unspecified atom stereocenters. The average molecular weight is 205 g/mol. The van der Waals surface area contributed by atoms with E-state index in [4.69, 9.17) is 0 Å². The minimum absolute atomic E-state index is 0.153. The van der Waals surface area contributed by atoms with Gasteiger partial charge in [-0.05, 0) is 37.0 Å². The first-order valence-corrected chi connectivity index (χ1v) is 4.85. The molecule has 0 aliphatic carbocycles. The third kappa shape index (κ3) is 2.40. The van der Waals surface area contributed by atoms with E-state index in [0.29, 0.717) is 5.56 Å². The molecular formula is C11H12FN3. The highest BCUT2D eigenvalue weighted by Crippen LogP contribution is 2.11. The third-order valence-electron chi connectivity index (χ3n) is 2.36. The summed E-state index contributed by atoms with van der Waals surface area (Å²) in [6, 6.07) is 5.19. The van der Waals surface area contributed by atoms with Crippen molar-refractivity contribution >= 4 is 0 Å². The Hall–Kier alpha value is -1.71. The van der Waals surface area contributed by atoms with Crippen LogP contribution in [0.4, 0.5) is 4.39 Å². The monoisotopic (exact) mass is 205 g/mol. The third-order valence-corrected chi connectivity index (χ3v) is 2.36. The number of H-pyrrole nitrogens is 1. The molecule has 2 aromatic rings. The topological polar surface area (TPSA) is 41.6 Å². The van der Waals surface area contributed by atoms with Crippen molar-refractivity contribution in [1.82, 2.24) is 15.4 Å². The van der Waals surface area contributed by atoms with E-state index >= 15 is 0 Å². The maximum atomic E-state index is 13.0. The summed E-state index contributed by atoms with van der Waals surface area (Å²) in [4.78, 5) is 0. The highest BCUT2D eigenvalue weighted by Gasteiger charge is 2.01. The van der Waals surface area contributed by atoms with E-state index in [1.807, 2.05) is 12.1 Å². The molecule has 78 valence electrons. The first-order chi connectivity index (χ1) is 7.25. The van der Waals surface area contributed by atoms with Crippen LogP contribution in [0.3, 0.4) is 0 Å². The van der Waals surface area contributed by atoms with E-state index in [2.05, 4.69) is 15.4 Å². The summed E-state index contributed by atoms with van der Waals surface area (Å²) in [7, 11) is 0. The Bertz CT molecular complexity index is 437. The highest BCUT2D eigenvalue weighted by atomic mass is 19.1. The Morgan fingerprint density at radius 2 is 2.20 bits per heavy atom. The van der Waals surface area contributed by atoms with E-state index in [0.717, 1.165) is 24.1 Å². The fourth-order valence-corrected chi connectivity index (χ4v) is 1.48. The van der Waals surface area contributed by atoms with Gasteiger partial charge in [-0.2, -0.15) is 15.4 Å². The van der Waals surface area contributed by atoms with Gasteiger partial charge in [-0.1, -0.05) is 12.1 Å². The lowest BCUT2D eigenvalue weighted by Gasteiger charge is -2.01. The lowest BCUT2D eigenvalue weighted by Crippen LogP contribution is -1.93. The van der Waals surface area contributed by atoms with Gasteiger partial charge in [-0.25, -0.2) is 4.39 Å². The number of hydrogen-bond acceptors (Lipinski definition) is 2. The molecule has 1 heterocycles. The number of aromatic nitrogens is 3. The van der Waals surface area contributed by atoms with Crippen LogP contribution >= 0.6 is 0 Å². The molecule has 1 aromatic heterocycles. The van der Waals surface area contributed by atoms with Crippen LogP contribution in [0.2, 0.25) is 0 Å². The van der Waals surface area contributed by atoms with Crippen molar-refractivity contribution in [1.29, 1.82) is 0 Å². The number of nitrogens with zero attached hydrogens (tertiary/aromatic N) is 2. The number of aryl methyl sites for hydroxylation is 3. The minimum atomic E-state index is -0.153. The van der Waals surface area contributed by atoms with Gasteiger partial charge in [-0.3, -0.25) is 0 Å². The van der Waals surface area contributed by atoms with Crippen LogP contribution in [0.1, 0.15) is 16.8 Å². The van der Waals surface area contributed by atoms with Crippen LogP contribution in [0.15, 0.2) is 24.4 Å². The number of rotatable bonds is 3. The molecule has 4 heteroatoms. The molecule has 0 atom stereocenters. The van der Waals surface area contributed by atoms with Crippen LogP contribution in [0.25, 0.3) is 0 Å². The van der Waals surface area contributed by atoms with Crippen molar-refractivity contribution in [3.8, 4) is 0 Å². The van der Waals surface area contributed by atoms with Gasteiger partial charge in [0.2, 0.25) is 0 Å². The van der Waals surface area contributed by atoms with Gasteiger partial charge < -0.3 is 0 Å². The molecule has 0 aliphatic rings. The zero-order valence-electron chi connectivity index (χ0n) is 8.50. The van der Waals surface area contributed by atoms with Crippen LogP contribution in [-0.4, -0.2) is 15.4 Å². The normalized spacial score (nSPS) is 10.5. The molecule has 1 N–H and O–H groups in total.